The first-order valence-corrected chi connectivity index (χ1v) is 10.2. The third kappa shape index (κ3) is 5.30. The lowest BCUT2D eigenvalue weighted by molar-refractivity contribution is -0.121. The van der Waals surface area contributed by atoms with E-state index in [4.69, 9.17) is 4.74 Å². The highest BCUT2D eigenvalue weighted by Crippen LogP contribution is 2.27. The molecular formula is C20H26N2O4S. The Hall–Kier alpha value is -2.38. The SMILES string of the molecule is CCN(CC(=O)NCc1cccc(C)c1)S(=O)(=O)c1cc(C)ccc1OC. The van der Waals surface area contributed by atoms with Crippen molar-refractivity contribution in [3.05, 3.63) is 59.2 Å². The minimum absolute atomic E-state index is 0.0679. The van der Waals surface area contributed by atoms with Crippen LogP contribution in [0.15, 0.2) is 47.4 Å². The molecule has 0 atom stereocenters. The topological polar surface area (TPSA) is 75.7 Å². The summed E-state index contributed by atoms with van der Waals surface area (Å²) in [6.07, 6.45) is 0. The van der Waals surface area contributed by atoms with E-state index in [9.17, 15) is 13.2 Å². The molecule has 0 saturated heterocycles. The number of ether oxygens (including phenoxy) is 1. The highest BCUT2D eigenvalue weighted by atomic mass is 32.2. The molecule has 0 heterocycles. The number of carbonyl (C=O) groups is 1. The molecule has 0 aliphatic carbocycles. The van der Waals surface area contributed by atoms with Crippen molar-refractivity contribution in [1.29, 1.82) is 0 Å². The second kappa shape index (κ2) is 9.01. The Bertz CT molecular complexity index is 910. The van der Waals surface area contributed by atoms with E-state index in [1.165, 1.54) is 7.11 Å². The van der Waals surface area contributed by atoms with E-state index >= 15 is 0 Å². The fraction of sp³-hybridized carbons (Fsp3) is 0.350. The van der Waals surface area contributed by atoms with Gasteiger partial charge in [0, 0.05) is 13.1 Å². The van der Waals surface area contributed by atoms with Crippen LogP contribution in [0.5, 0.6) is 5.75 Å². The largest absolute Gasteiger partial charge is 0.495 e. The van der Waals surface area contributed by atoms with E-state index in [1.807, 2.05) is 38.1 Å². The molecule has 0 aromatic heterocycles. The Morgan fingerprint density at radius 1 is 1.11 bits per heavy atom. The van der Waals surface area contributed by atoms with Crippen LogP contribution in [0.4, 0.5) is 0 Å². The summed E-state index contributed by atoms with van der Waals surface area (Å²) in [5.41, 5.74) is 2.87. The molecule has 7 heteroatoms. The standard InChI is InChI=1S/C20H26N2O4S/c1-5-22(14-20(23)21-13-17-8-6-7-15(2)11-17)27(24,25)19-12-16(3)9-10-18(19)26-4/h6-12H,5,13-14H2,1-4H3,(H,21,23). The molecule has 0 saturated carbocycles. The van der Waals surface area contributed by atoms with Gasteiger partial charge in [-0.3, -0.25) is 4.79 Å². The number of rotatable bonds is 8. The Morgan fingerprint density at radius 3 is 2.44 bits per heavy atom. The Balaban J connectivity index is 2.13. The molecule has 27 heavy (non-hydrogen) atoms. The van der Waals surface area contributed by atoms with Crippen molar-refractivity contribution in [2.45, 2.75) is 32.2 Å². The average molecular weight is 391 g/mol. The van der Waals surface area contributed by atoms with Gasteiger partial charge in [-0.2, -0.15) is 4.31 Å². The second-order valence-corrected chi connectivity index (χ2v) is 8.26. The first-order chi connectivity index (χ1) is 12.8. The van der Waals surface area contributed by atoms with Crippen molar-refractivity contribution < 1.29 is 17.9 Å². The minimum atomic E-state index is -3.85. The van der Waals surface area contributed by atoms with Gasteiger partial charge in [-0.25, -0.2) is 8.42 Å². The zero-order valence-corrected chi connectivity index (χ0v) is 17.0. The molecule has 0 fully saturated rings. The summed E-state index contributed by atoms with van der Waals surface area (Å²) in [7, 11) is -2.43. The Labute approximate surface area is 161 Å². The number of benzene rings is 2. The van der Waals surface area contributed by atoms with Gasteiger partial charge in [0.2, 0.25) is 15.9 Å². The predicted molar refractivity (Wildman–Crippen MR) is 105 cm³/mol. The van der Waals surface area contributed by atoms with Crippen molar-refractivity contribution in [2.24, 2.45) is 0 Å². The van der Waals surface area contributed by atoms with E-state index in [0.717, 1.165) is 21.0 Å². The first kappa shape index (κ1) is 20.9. The van der Waals surface area contributed by atoms with Crippen LogP contribution in [0.2, 0.25) is 0 Å². The molecule has 1 N–H and O–H groups in total. The molecule has 2 aromatic carbocycles. The molecule has 0 radical (unpaired) electrons. The molecular weight excluding hydrogens is 364 g/mol. The summed E-state index contributed by atoms with van der Waals surface area (Å²) in [6.45, 7) is 5.77. The van der Waals surface area contributed by atoms with Gasteiger partial charge < -0.3 is 10.1 Å². The number of methoxy groups -OCH3 is 1. The quantitative estimate of drug-likeness (QED) is 0.752. The van der Waals surface area contributed by atoms with Crippen LogP contribution in [-0.4, -0.2) is 38.8 Å². The summed E-state index contributed by atoms with van der Waals surface area (Å²) < 4.78 is 32.4. The second-order valence-electron chi connectivity index (χ2n) is 6.35. The summed E-state index contributed by atoms with van der Waals surface area (Å²) in [5.74, 6) is -0.0900. The number of nitrogens with one attached hydrogen (secondary N) is 1. The number of hydrogen-bond acceptors (Lipinski definition) is 4. The number of sulfonamides is 1. The van der Waals surface area contributed by atoms with Gasteiger partial charge in [-0.15, -0.1) is 0 Å². The van der Waals surface area contributed by atoms with Crippen LogP contribution in [0.3, 0.4) is 0 Å². The number of nitrogens with zero attached hydrogens (tertiary/aromatic N) is 1. The van der Waals surface area contributed by atoms with Crippen LogP contribution in [0.1, 0.15) is 23.6 Å². The molecule has 0 aliphatic rings. The van der Waals surface area contributed by atoms with E-state index in [0.29, 0.717) is 6.54 Å². The van der Waals surface area contributed by atoms with Crippen molar-refractivity contribution in [3.8, 4) is 5.75 Å². The monoisotopic (exact) mass is 390 g/mol. The maximum absolute atomic E-state index is 13.0. The van der Waals surface area contributed by atoms with E-state index in [2.05, 4.69) is 5.32 Å². The molecule has 0 unspecified atom stereocenters. The highest BCUT2D eigenvalue weighted by Gasteiger charge is 2.28. The zero-order valence-electron chi connectivity index (χ0n) is 16.2. The van der Waals surface area contributed by atoms with Crippen LogP contribution < -0.4 is 10.1 Å². The third-order valence-electron chi connectivity index (χ3n) is 4.18. The van der Waals surface area contributed by atoms with E-state index in [1.54, 1.807) is 25.1 Å². The maximum atomic E-state index is 13.0. The summed E-state index contributed by atoms with van der Waals surface area (Å²) >= 11 is 0. The van der Waals surface area contributed by atoms with Crippen LogP contribution in [0, 0.1) is 13.8 Å². The van der Waals surface area contributed by atoms with E-state index in [-0.39, 0.29) is 29.6 Å². The predicted octanol–water partition coefficient (Wildman–Crippen LogP) is 2.64. The summed E-state index contributed by atoms with van der Waals surface area (Å²) in [4.78, 5) is 12.4. The van der Waals surface area contributed by atoms with Crippen LogP contribution >= 0.6 is 0 Å². The fourth-order valence-corrected chi connectivity index (χ4v) is 4.38. The third-order valence-corrected chi connectivity index (χ3v) is 6.12. The lowest BCUT2D eigenvalue weighted by Crippen LogP contribution is -2.40. The maximum Gasteiger partial charge on any atom is 0.247 e. The lowest BCUT2D eigenvalue weighted by atomic mass is 10.1. The molecule has 1 amide bonds. The van der Waals surface area contributed by atoms with Gasteiger partial charge in [0.05, 0.1) is 13.7 Å². The van der Waals surface area contributed by atoms with Gasteiger partial charge in [-0.05, 0) is 37.1 Å². The highest BCUT2D eigenvalue weighted by molar-refractivity contribution is 7.89. The van der Waals surface area contributed by atoms with Crippen molar-refractivity contribution in [2.75, 3.05) is 20.2 Å². The molecule has 2 rings (SSSR count). The van der Waals surface area contributed by atoms with E-state index < -0.39 is 10.0 Å². The molecule has 2 aromatic rings. The molecule has 0 aliphatic heterocycles. The van der Waals surface area contributed by atoms with Crippen LogP contribution in [-0.2, 0) is 21.4 Å². The molecule has 0 bridgehead atoms. The fourth-order valence-electron chi connectivity index (χ4n) is 2.73. The number of aryl methyl sites for hydroxylation is 2. The Morgan fingerprint density at radius 2 is 1.81 bits per heavy atom. The Kier molecular flexibility index (Phi) is 6.98. The van der Waals surface area contributed by atoms with Gasteiger partial charge in [0.1, 0.15) is 10.6 Å². The molecule has 6 nitrogen and oxygen atoms in total. The number of hydrogen-bond donors (Lipinski definition) is 1. The van der Waals surface area contributed by atoms with Crippen molar-refractivity contribution in [3.63, 3.8) is 0 Å². The summed E-state index contributed by atoms with van der Waals surface area (Å²) in [6, 6.07) is 12.7. The first-order valence-electron chi connectivity index (χ1n) is 8.75. The van der Waals surface area contributed by atoms with Crippen LogP contribution in [0.25, 0.3) is 0 Å². The number of amides is 1. The minimum Gasteiger partial charge on any atom is -0.495 e. The lowest BCUT2D eigenvalue weighted by Gasteiger charge is -2.21. The normalized spacial score (nSPS) is 11.4. The zero-order chi connectivity index (χ0) is 20.0. The number of likely N-dealkylation sites (N-methyl/N-ethyl adjacent to an activating group) is 1. The van der Waals surface area contributed by atoms with Crippen molar-refractivity contribution >= 4 is 15.9 Å². The van der Waals surface area contributed by atoms with Gasteiger partial charge in [0.15, 0.2) is 0 Å². The van der Waals surface area contributed by atoms with Crippen molar-refractivity contribution in [1.82, 2.24) is 9.62 Å². The van der Waals surface area contributed by atoms with Gasteiger partial charge in [0.25, 0.3) is 0 Å². The average Bonchev–Trinajstić information content (AvgIpc) is 2.64. The van der Waals surface area contributed by atoms with Gasteiger partial charge in [-0.1, -0.05) is 42.8 Å². The smallest absolute Gasteiger partial charge is 0.247 e. The summed E-state index contributed by atoms with van der Waals surface area (Å²) in [5, 5.41) is 2.78. The van der Waals surface area contributed by atoms with Gasteiger partial charge >= 0.3 is 0 Å². The molecule has 0 spiro atoms. The number of carbonyl (C=O) groups excluding carboxylic acids is 1. The molecule has 146 valence electrons.